The van der Waals surface area contributed by atoms with Gasteiger partial charge in [-0.05, 0) is 68.1 Å². The van der Waals surface area contributed by atoms with E-state index < -0.39 is 5.60 Å². The lowest BCUT2D eigenvalue weighted by atomic mass is 9.47. The molecule has 3 saturated carbocycles. The van der Waals surface area contributed by atoms with Crippen LogP contribution >= 0.6 is 0 Å². The van der Waals surface area contributed by atoms with Crippen LogP contribution in [0.5, 0.6) is 0 Å². The molecule has 142 valence electrons. The summed E-state index contributed by atoms with van der Waals surface area (Å²) in [6.07, 6.45) is 16.3. The summed E-state index contributed by atoms with van der Waals surface area (Å²) in [5, 5.41) is 11.1. The number of allylic oxidation sites excluding steroid dienone is 1. The predicted octanol–water partition coefficient (Wildman–Crippen LogP) is 4.25. The molecule has 4 rings (SSSR count). The Balaban J connectivity index is 1.61. The van der Waals surface area contributed by atoms with Gasteiger partial charge in [-0.25, -0.2) is 0 Å². The first-order chi connectivity index (χ1) is 12.2. The van der Waals surface area contributed by atoms with Crippen molar-refractivity contribution in [3.63, 3.8) is 0 Å². The van der Waals surface area contributed by atoms with E-state index in [4.69, 9.17) is 11.2 Å². The van der Waals surface area contributed by atoms with Gasteiger partial charge >= 0.3 is 5.97 Å². The second-order valence-electron chi connectivity index (χ2n) is 9.73. The molecule has 4 aliphatic rings. The normalized spacial score (nSPS) is 49.9. The smallest absolute Gasteiger partial charge is 0.302 e. The molecule has 26 heavy (non-hydrogen) atoms. The number of carbonyl (C=O) groups excluding carboxylic acids is 1. The average Bonchev–Trinajstić information content (AvgIpc) is 2.87. The lowest BCUT2D eigenvalue weighted by Crippen LogP contribution is -2.54. The van der Waals surface area contributed by atoms with Crippen molar-refractivity contribution in [2.75, 3.05) is 0 Å². The van der Waals surface area contributed by atoms with E-state index in [2.05, 4.69) is 25.8 Å². The lowest BCUT2D eigenvalue weighted by molar-refractivity contribution is -0.149. The topological polar surface area (TPSA) is 46.5 Å². The van der Waals surface area contributed by atoms with Gasteiger partial charge in [-0.3, -0.25) is 4.79 Å². The third kappa shape index (κ3) is 2.34. The van der Waals surface area contributed by atoms with Gasteiger partial charge in [0.15, 0.2) is 0 Å². The van der Waals surface area contributed by atoms with Crippen molar-refractivity contribution in [2.24, 2.45) is 28.6 Å². The quantitative estimate of drug-likeness (QED) is 0.434. The molecule has 0 bridgehead atoms. The largest absolute Gasteiger partial charge is 0.462 e. The van der Waals surface area contributed by atoms with E-state index in [9.17, 15) is 9.90 Å². The van der Waals surface area contributed by atoms with Gasteiger partial charge in [-0.1, -0.05) is 31.4 Å². The summed E-state index contributed by atoms with van der Waals surface area (Å²) in [7, 11) is 0. The van der Waals surface area contributed by atoms with Crippen LogP contribution < -0.4 is 0 Å². The van der Waals surface area contributed by atoms with Crippen LogP contribution in [-0.2, 0) is 9.53 Å². The summed E-state index contributed by atoms with van der Waals surface area (Å²) in [5.41, 5.74) is 0.655. The van der Waals surface area contributed by atoms with Gasteiger partial charge in [0.25, 0.3) is 0 Å². The maximum atomic E-state index is 11.3. The highest BCUT2D eigenvalue weighted by Gasteiger charge is 2.63. The molecule has 0 heterocycles. The molecule has 0 saturated heterocycles. The maximum Gasteiger partial charge on any atom is 0.302 e. The van der Waals surface area contributed by atoms with Crippen LogP contribution in [0.3, 0.4) is 0 Å². The molecule has 0 amide bonds. The molecule has 3 nitrogen and oxygen atoms in total. The minimum absolute atomic E-state index is 0.0512. The molecule has 0 unspecified atom stereocenters. The van der Waals surface area contributed by atoms with Crippen molar-refractivity contribution in [3.8, 4) is 12.3 Å². The minimum atomic E-state index is -0.930. The van der Waals surface area contributed by atoms with E-state index in [1.54, 1.807) is 0 Å². The Morgan fingerprint density at radius 3 is 2.65 bits per heavy atom. The highest BCUT2D eigenvalue weighted by atomic mass is 16.5. The Labute approximate surface area is 157 Å². The van der Waals surface area contributed by atoms with Crippen molar-refractivity contribution < 1.29 is 14.6 Å². The fourth-order valence-corrected chi connectivity index (χ4v) is 7.22. The summed E-state index contributed by atoms with van der Waals surface area (Å²) in [6, 6.07) is 0. The van der Waals surface area contributed by atoms with E-state index in [-0.39, 0.29) is 22.9 Å². The Hall–Kier alpha value is -1.27. The first kappa shape index (κ1) is 18.1. The summed E-state index contributed by atoms with van der Waals surface area (Å²) in [5.74, 6) is 4.39. The fraction of sp³-hybridized carbons (Fsp3) is 0.783. The lowest BCUT2D eigenvalue weighted by Gasteiger charge is -2.58. The van der Waals surface area contributed by atoms with Gasteiger partial charge < -0.3 is 9.84 Å². The van der Waals surface area contributed by atoms with Crippen LogP contribution in [0, 0.1) is 40.9 Å². The average molecular weight is 357 g/mol. The summed E-state index contributed by atoms with van der Waals surface area (Å²) >= 11 is 0. The SMILES string of the molecule is C#C[C@]1(O)CC[C@@H]2[C@@H]3CC=C4C[C@@H](OC(C)=O)CC[C@]4(C)[C@@H]3CC[C@@]21C. The molecule has 3 fully saturated rings. The minimum Gasteiger partial charge on any atom is -0.462 e. The van der Waals surface area contributed by atoms with Gasteiger partial charge in [-0.2, -0.15) is 0 Å². The molecule has 0 aromatic carbocycles. The van der Waals surface area contributed by atoms with Crippen LogP contribution in [0.1, 0.15) is 72.1 Å². The molecule has 7 atom stereocenters. The molecule has 3 heteroatoms. The van der Waals surface area contributed by atoms with Gasteiger partial charge in [0, 0.05) is 18.8 Å². The number of fused-ring (bicyclic) bond motifs is 5. The van der Waals surface area contributed by atoms with Crippen molar-refractivity contribution >= 4 is 5.97 Å². The fourth-order valence-electron chi connectivity index (χ4n) is 7.22. The number of esters is 1. The summed E-state index contributed by atoms with van der Waals surface area (Å²) in [6.45, 7) is 6.18. The van der Waals surface area contributed by atoms with Crippen LogP contribution in [0.25, 0.3) is 0 Å². The zero-order chi connectivity index (χ0) is 18.7. The third-order valence-corrected chi connectivity index (χ3v) is 8.78. The van der Waals surface area contributed by atoms with Crippen molar-refractivity contribution in [2.45, 2.75) is 83.8 Å². The van der Waals surface area contributed by atoms with Crippen LogP contribution in [-0.4, -0.2) is 22.8 Å². The van der Waals surface area contributed by atoms with Crippen LogP contribution in [0.15, 0.2) is 11.6 Å². The number of hydrogen-bond acceptors (Lipinski definition) is 3. The third-order valence-electron chi connectivity index (χ3n) is 8.78. The Kier molecular flexibility index (Phi) is 4.08. The highest BCUT2D eigenvalue weighted by molar-refractivity contribution is 5.66. The second-order valence-corrected chi connectivity index (χ2v) is 9.73. The van der Waals surface area contributed by atoms with Crippen LogP contribution in [0.2, 0.25) is 0 Å². The number of aliphatic hydroxyl groups is 1. The predicted molar refractivity (Wildman–Crippen MR) is 101 cm³/mol. The molecule has 0 aliphatic heterocycles. The van der Waals surface area contributed by atoms with Gasteiger partial charge in [0.1, 0.15) is 11.7 Å². The highest BCUT2D eigenvalue weighted by Crippen LogP contribution is 2.67. The molecule has 4 aliphatic carbocycles. The molecule has 0 aromatic rings. The molecular weight excluding hydrogens is 324 g/mol. The number of rotatable bonds is 1. The Morgan fingerprint density at radius 2 is 1.96 bits per heavy atom. The summed E-state index contributed by atoms with van der Waals surface area (Å²) in [4.78, 5) is 11.3. The monoisotopic (exact) mass is 356 g/mol. The number of terminal acetylenes is 1. The molecular formula is C23H32O3. The van der Waals surface area contributed by atoms with E-state index in [0.29, 0.717) is 17.8 Å². The maximum absolute atomic E-state index is 11.3. The van der Waals surface area contributed by atoms with E-state index >= 15 is 0 Å². The van der Waals surface area contributed by atoms with Crippen molar-refractivity contribution in [3.05, 3.63) is 11.6 Å². The van der Waals surface area contributed by atoms with E-state index in [0.717, 1.165) is 51.4 Å². The number of carbonyl (C=O) groups is 1. The summed E-state index contributed by atoms with van der Waals surface area (Å²) < 4.78 is 5.51. The first-order valence-corrected chi connectivity index (χ1v) is 10.3. The Bertz CT molecular complexity index is 688. The first-order valence-electron chi connectivity index (χ1n) is 10.3. The molecule has 1 N–H and O–H groups in total. The number of ether oxygens (including phenoxy) is 1. The Morgan fingerprint density at radius 1 is 1.23 bits per heavy atom. The number of hydrogen-bond donors (Lipinski definition) is 1. The van der Waals surface area contributed by atoms with E-state index in [1.807, 2.05) is 0 Å². The van der Waals surface area contributed by atoms with Crippen molar-refractivity contribution in [1.29, 1.82) is 0 Å². The molecule has 0 aromatic heterocycles. The zero-order valence-electron chi connectivity index (χ0n) is 16.4. The van der Waals surface area contributed by atoms with Gasteiger partial charge in [0.2, 0.25) is 0 Å². The van der Waals surface area contributed by atoms with Crippen molar-refractivity contribution in [1.82, 2.24) is 0 Å². The van der Waals surface area contributed by atoms with E-state index in [1.165, 1.54) is 12.5 Å². The molecule has 0 spiro atoms. The second kappa shape index (κ2) is 5.86. The zero-order valence-corrected chi connectivity index (χ0v) is 16.4. The standard InChI is InChI=1S/C23H32O3/c1-5-23(25)13-10-20-18-7-6-16-14-17(26-15(2)24)8-11-21(16,3)19(18)9-12-22(20,23)4/h1,6,17-20,25H,7-14H2,2-4H3/t17-,18+,19+,20+,21-,22-,23-/m0/s1. The van der Waals surface area contributed by atoms with Crippen LogP contribution in [0.4, 0.5) is 0 Å². The molecule has 0 radical (unpaired) electrons. The van der Waals surface area contributed by atoms with Gasteiger partial charge in [0.05, 0.1) is 0 Å². The van der Waals surface area contributed by atoms with Gasteiger partial charge in [-0.15, -0.1) is 6.42 Å².